The van der Waals surface area contributed by atoms with Crippen LogP contribution in [0.3, 0.4) is 0 Å². The van der Waals surface area contributed by atoms with Crippen LogP contribution in [0.4, 0.5) is 14.6 Å². The van der Waals surface area contributed by atoms with Gasteiger partial charge in [-0.3, -0.25) is 4.98 Å². The van der Waals surface area contributed by atoms with Crippen molar-refractivity contribution in [3.63, 3.8) is 0 Å². The second-order valence-electron chi connectivity index (χ2n) is 8.41. The first kappa shape index (κ1) is 23.3. The van der Waals surface area contributed by atoms with Crippen molar-refractivity contribution in [2.24, 2.45) is 0 Å². The van der Waals surface area contributed by atoms with Crippen molar-refractivity contribution in [2.45, 2.75) is 38.0 Å². The summed E-state index contributed by atoms with van der Waals surface area (Å²) >= 11 is 0. The van der Waals surface area contributed by atoms with Gasteiger partial charge in [-0.15, -0.1) is 0 Å². The Hall–Kier alpha value is -2.91. The number of nitrogens with one attached hydrogen (secondary N) is 1. The molecule has 0 unspecified atom stereocenters. The summed E-state index contributed by atoms with van der Waals surface area (Å²) in [6.07, 6.45) is 2.97. The van der Waals surface area contributed by atoms with E-state index in [1.807, 2.05) is 0 Å². The highest BCUT2D eigenvalue weighted by molar-refractivity contribution is 7.90. The van der Waals surface area contributed by atoms with Gasteiger partial charge in [0, 0.05) is 30.3 Å². The molecule has 6 nitrogen and oxygen atoms in total. The third-order valence-corrected chi connectivity index (χ3v) is 7.67. The number of rotatable bonds is 6. The van der Waals surface area contributed by atoms with Crippen molar-refractivity contribution in [3.05, 3.63) is 66.4 Å². The van der Waals surface area contributed by atoms with Gasteiger partial charge in [-0.25, -0.2) is 26.9 Å². The molecule has 2 heterocycles. The predicted octanol–water partition coefficient (Wildman–Crippen LogP) is 4.39. The summed E-state index contributed by atoms with van der Waals surface area (Å²) in [4.78, 5) is 11.5. The van der Waals surface area contributed by atoms with Crippen LogP contribution in [-0.2, 0) is 10.0 Å². The van der Waals surface area contributed by atoms with Crippen LogP contribution in [-0.4, -0.2) is 42.8 Å². The van der Waals surface area contributed by atoms with Gasteiger partial charge >= 0.3 is 0 Å². The van der Waals surface area contributed by atoms with Gasteiger partial charge in [0.25, 0.3) is 0 Å². The number of nitrogens with zero attached hydrogens (tertiary/aromatic N) is 3. The molecule has 1 saturated heterocycles. The summed E-state index contributed by atoms with van der Waals surface area (Å²) in [5.74, 6) is -0.0369. The first-order valence-corrected chi connectivity index (χ1v) is 12.4. The molecule has 1 aliphatic rings. The van der Waals surface area contributed by atoms with Crippen LogP contribution in [0.1, 0.15) is 26.7 Å². The maximum atomic E-state index is 13.5. The third kappa shape index (κ3) is 5.36. The van der Waals surface area contributed by atoms with Gasteiger partial charge in [0.1, 0.15) is 17.5 Å². The molecule has 1 N–H and O–H groups in total. The minimum absolute atomic E-state index is 0.114. The van der Waals surface area contributed by atoms with Crippen LogP contribution >= 0.6 is 0 Å². The summed E-state index contributed by atoms with van der Waals surface area (Å²) in [5, 5.41) is -0.473. The summed E-state index contributed by atoms with van der Waals surface area (Å²) in [6, 6.07) is 11.9. The van der Waals surface area contributed by atoms with E-state index in [1.165, 1.54) is 24.3 Å². The molecule has 0 saturated carbocycles. The molecule has 1 aliphatic heterocycles. The van der Waals surface area contributed by atoms with E-state index in [9.17, 15) is 17.2 Å². The van der Waals surface area contributed by atoms with Crippen LogP contribution in [0.5, 0.6) is 0 Å². The molecule has 33 heavy (non-hydrogen) atoms. The molecule has 174 valence electrons. The Kier molecular flexibility index (Phi) is 6.71. The molecule has 0 atom stereocenters. The van der Waals surface area contributed by atoms with Crippen molar-refractivity contribution in [1.29, 1.82) is 0 Å². The van der Waals surface area contributed by atoms with Crippen molar-refractivity contribution in [3.8, 4) is 22.5 Å². The van der Waals surface area contributed by atoms with E-state index in [2.05, 4.69) is 14.6 Å². The molecular formula is C24H26F2N4O2S. The van der Waals surface area contributed by atoms with Crippen LogP contribution in [0.25, 0.3) is 22.5 Å². The Morgan fingerprint density at radius 2 is 1.42 bits per heavy atom. The lowest BCUT2D eigenvalue weighted by Gasteiger charge is -2.33. The Labute approximate surface area is 192 Å². The van der Waals surface area contributed by atoms with Gasteiger partial charge in [0.2, 0.25) is 10.0 Å². The molecule has 1 fully saturated rings. The zero-order valence-corrected chi connectivity index (χ0v) is 19.3. The van der Waals surface area contributed by atoms with Crippen LogP contribution < -0.4 is 9.62 Å². The first-order chi connectivity index (χ1) is 15.7. The summed E-state index contributed by atoms with van der Waals surface area (Å²) in [6.45, 7) is 4.57. The lowest BCUT2D eigenvalue weighted by atomic mass is 10.0. The number of benzene rings is 2. The van der Waals surface area contributed by atoms with E-state index in [0.29, 0.717) is 54.3 Å². The van der Waals surface area contributed by atoms with Gasteiger partial charge in [-0.1, -0.05) is 0 Å². The van der Waals surface area contributed by atoms with Crippen molar-refractivity contribution >= 4 is 15.8 Å². The summed E-state index contributed by atoms with van der Waals surface area (Å²) in [5.41, 5.74) is 2.55. The zero-order valence-electron chi connectivity index (χ0n) is 18.5. The number of anilines is 1. The zero-order chi connectivity index (χ0) is 23.6. The molecular weight excluding hydrogens is 446 g/mol. The first-order valence-electron chi connectivity index (χ1n) is 10.9. The quantitative estimate of drug-likeness (QED) is 0.576. The van der Waals surface area contributed by atoms with Gasteiger partial charge in [0.15, 0.2) is 0 Å². The van der Waals surface area contributed by atoms with Gasteiger partial charge in [0.05, 0.1) is 22.8 Å². The molecule has 0 amide bonds. The van der Waals surface area contributed by atoms with Gasteiger partial charge < -0.3 is 4.90 Å². The van der Waals surface area contributed by atoms with Crippen LogP contribution in [0, 0.1) is 11.6 Å². The highest BCUT2D eigenvalue weighted by Crippen LogP contribution is 2.31. The van der Waals surface area contributed by atoms with Gasteiger partial charge in [-0.05, 0) is 75.2 Å². The van der Waals surface area contributed by atoms with E-state index >= 15 is 0 Å². The SMILES string of the molecule is CC(C)S(=O)(=O)NC1CCN(c2cnc(-c3ccc(F)cc3)c(-c3ccc(F)cc3)n2)CC1. The normalized spacial score (nSPS) is 15.2. The Morgan fingerprint density at radius 1 is 0.909 bits per heavy atom. The van der Waals surface area contributed by atoms with Crippen molar-refractivity contribution in [2.75, 3.05) is 18.0 Å². The number of hydrogen-bond acceptors (Lipinski definition) is 5. The number of hydrogen-bond donors (Lipinski definition) is 1. The monoisotopic (exact) mass is 472 g/mol. The standard InChI is InChI=1S/C24H26F2N4O2S/c1-16(2)33(31,32)29-21-11-13-30(14-12-21)22-15-27-23(17-3-7-19(25)8-4-17)24(28-22)18-5-9-20(26)10-6-18/h3-10,15-16,21,29H,11-14H2,1-2H3. The topological polar surface area (TPSA) is 75.2 Å². The van der Waals surface area contributed by atoms with Crippen molar-refractivity contribution in [1.82, 2.24) is 14.7 Å². The maximum absolute atomic E-state index is 13.5. The fourth-order valence-corrected chi connectivity index (χ4v) is 4.73. The van der Waals surface area contributed by atoms with E-state index < -0.39 is 15.3 Å². The molecule has 0 aliphatic carbocycles. The smallest absolute Gasteiger partial charge is 0.214 e. The lowest BCUT2D eigenvalue weighted by Crippen LogP contribution is -2.46. The maximum Gasteiger partial charge on any atom is 0.214 e. The van der Waals surface area contributed by atoms with E-state index in [-0.39, 0.29) is 17.7 Å². The molecule has 4 rings (SSSR count). The summed E-state index contributed by atoms with van der Waals surface area (Å²) < 4.78 is 54.1. The second-order valence-corrected chi connectivity index (χ2v) is 10.7. The minimum atomic E-state index is -3.32. The average molecular weight is 473 g/mol. The van der Waals surface area contributed by atoms with E-state index in [1.54, 1.807) is 44.3 Å². The Morgan fingerprint density at radius 3 is 1.94 bits per heavy atom. The lowest BCUT2D eigenvalue weighted by molar-refractivity contribution is 0.456. The fourth-order valence-electron chi connectivity index (χ4n) is 3.76. The number of piperidine rings is 1. The molecule has 0 radical (unpaired) electrons. The minimum Gasteiger partial charge on any atom is -0.355 e. The number of sulfonamides is 1. The molecule has 0 bridgehead atoms. The van der Waals surface area contributed by atoms with Gasteiger partial charge in [-0.2, -0.15) is 0 Å². The fraction of sp³-hybridized carbons (Fsp3) is 0.333. The Balaban J connectivity index is 1.61. The van der Waals surface area contributed by atoms with Crippen molar-refractivity contribution < 1.29 is 17.2 Å². The highest BCUT2D eigenvalue weighted by atomic mass is 32.2. The van der Waals surface area contributed by atoms with E-state index in [0.717, 1.165) is 0 Å². The number of aromatic nitrogens is 2. The largest absolute Gasteiger partial charge is 0.355 e. The van der Waals surface area contributed by atoms with Crippen LogP contribution in [0.2, 0.25) is 0 Å². The third-order valence-electron chi connectivity index (χ3n) is 5.77. The average Bonchev–Trinajstić information content (AvgIpc) is 2.80. The summed E-state index contributed by atoms with van der Waals surface area (Å²) in [7, 11) is -3.32. The van der Waals surface area contributed by atoms with Crippen LogP contribution in [0.15, 0.2) is 54.7 Å². The molecule has 0 spiro atoms. The molecule has 2 aromatic carbocycles. The second kappa shape index (κ2) is 9.52. The molecule has 3 aromatic rings. The number of halogens is 2. The van der Waals surface area contributed by atoms with E-state index in [4.69, 9.17) is 4.98 Å². The molecule has 1 aromatic heterocycles. The predicted molar refractivity (Wildman–Crippen MR) is 125 cm³/mol. The molecule has 9 heteroatoms. The highest BCUT2D eigenvalue weighted by Gasteiger charge is 2.26. The Bertz CT molecular complexity index is 1210.